The molecule has 4 rings (SSSR count). The highest BCUT2D eigenvalue weighted by molar-refractivity contribution is 5.99. The predicted molar refractivity (Wildman–Crippen MR) is 84.1 cm³/mol. The zero-order chi connectivity index (χ0) is 16.0. The molecule has 0 spiro atoms. The van der Waals surface area contributed by atoms with Crippen LogP contribution in [-0.2, 0) is 0 Å². The lowest BCUT2D eigenvalue weighted by atomic mass is 9.98. The number of benzene rings is 1. The van der Waals surface area contributed by atoms with Crippen LogP contribution in [0.25, 0.3) is 11.3 Å². The second-order valence-corrected chi connectivity index (χ2v) is 6.54. The summed E-state index contributed by atoms with van der Waals surface area (Å²) in [6.45, 7) is 1.49. The van der Waals surface area contributed by atoms with Gasteiger partial charge >= 0.3 is 0 Å². The summed E-state index contributed by atoms with van der Waals surface area (Å²) in [5.41, 5.74) is 8.07. The number of amides is 1. The number of aromatic nitrogens is 2. The Balaban J connectivity index is 1.58. The third-order valence-electron chi connectivity index (χ3n) is 5.20. The molecule has 2 aromatic rings. The molecule has 3 atom stereocenters. The summed E-state index contributed by atoms with van der Waals surface area (Å²) in [5.74, 6) is 0.609. The van der Waals surface area contributed by atoms with Crippen LogP contribution in [0.1, 0.15) is 23.2 Å². The van der Waals surface area contributed by atoms with Crippen LogP contribution in [-0.4, -0.2) is 40.1 Å². The van der Waals surface area contributed by atoms with Crippen LogP contribution in [0.3, 0.4) is 0 Å². The van der Waals surface area contributed by atoms with Gasteiger partial charge in [-0.25, -0.2) is 4.39 Å². The number of carbonyl (C=O) groups is 1. The van der Waals surface area contributed by atoms with Gasteiger partial charge in [0.1, 0.15) is 5.82 Å². The van der Waals surface area contributed by atoms with Gasteiger partial charge in [-0.1, -0.05) is 0 Å². The molecule has 120 valence electrons. The third kappa shape index (κ3) is 2.43. The molecule has 3 N–H and O–H groups in total. The van der Waals surface area contributed by atoms with E-state index >= 15 is 0 Å². The highest BCUT2D eigenvalue weighted by Crippen LogP contribution is 2.38. The number of rotatable bonds is 2. The summed E-state index contributed by atoms with van der Waals surface area (Å²) in [5, 5.41) is 6.87. The number of nitrogens with zero attached hydrogens (tertiary/aromatic N) is 2. The van der Waals surface area contributed by atoms with Crippen LogP contribution >= 0.6 is 0 Å². The number of hydrogen-bond acceptors (Lipinski definition) is 3. The Bertz CT molecular complexity index is 726. The Labute approximate surface area is 133 Å². The maximum Gasteiger partial charge on any atom is 0.257 e. The van der Waals surface area contributed by atoms with Gasteiger partial charge in [0, 0.05) is 24.7 Å². The van der Waals surface area contributed by atoms with Crippen LogP contribution in [0.4, 0.5) is 4.39 Å². The topological polar surface area (TPSA) is 75.0 Å². The minimum atomic E-state index is -0.303. The first kappa shape index (κ1) is 14.4. The van der Waals surface area contributed by atoms with Gasteiger partial charge in [-0.15, -0.1) is 0 Å². The largest absolute Gasteiger partial charge is 0.338 e. The van der Waals surface area contributed by atoms with E-state index in [4.69, 9.17) is 5.73 Å². The molecule has 1 saturated carbocycles. The summed E-state index contributed by atoms with van der Waals surface area (Å²) >= 11 is 0. The molecule has 5 nitrogen and oxygen atoms in total. The van der Waals surface area contributed by atoms with Crippen molar-refractivity contribution in [3.05, 3.63) is 41.8 Å². The molecule has 2 aliphatic rings. The van der Waals surface area contributed by atoms with E-state index < -0.39 is 0 Å². The number of hydrogen-bond donors (Lipinski definition) is 2. The maximum atomic E-state index is 13.1. The lowest BCUT2D eigenvalue weighted by Gasteiger charge is -2.18. The second-order valence-electron chi connectivity index (χ2n) is 6.54. The number of H-pyrrole nitrogens is 1. The zero-order valence-corrected chi connectivity index (χ0v) is 12.7. The number of aromatic amines is 1. The molecule has 0 radical (unpaired) electrons. The number of likely N-dealkylation sites (tertiary alicyclic amines) is 1. The molecule has 1 aliphatic carbocycles. The van der Waals surface area contributed by atoms with Gasteiger partial charge in [-0.3, -0.25) is 9.89 Å². The fourth-order valence-corrected chi connectivity index (χ4v) is 3.93. The first-order valence-electron chi connectivity index (χ1n) is 7.97. The Kier molecular flexibility index (Phi) is 3.41. The summed E-state index contributed by atoms with van der Waals surface area (Å²) < 4.78 is 13.1. The monoisotopic (exact) mass is 314 g/mol. The van der Waals surface area contributed by atoms with Crippen LogP contribution in [0.2, 0.25) is 0 Å². The summed E-state index contributed by atoms with van der Waals surface area (Å²) in [6, 6.07) is 6.26. The van der Waals surface area contributed by atoms with Gasteiger partial charge in [0.05, 0.1) is 17.5 Å². The van der Waals surface area contributed by atoms with E-state index in [0.29, 0.717) is 23.1 Å². The normalized spacial score (nSPS) is 26.5. The van der Waals surface area contributed by atoms with Crippen molar-refractivity contribution in [1.29, 1.82) is 0 Å². The summed E-state index contributed by atoms with van der Waals surface area (Å²) in [4.78, 5) is 14.7. The Morgan fingerprint density at radius 2 is 2.04 bits per heavy atom. The first-order valence-corrected chi connectivity index (χ1v) is 7.97. The van der Waals surface area contributed by atoms with E-state index in [0.717, 1.165) is 31.5 Å². The quantitative estimate of drug-likeness (QED) is 0.890. The second kappa shape index (κ2) is 5.45. The van der Waals surface area contributed by atoms with E-state index in [1.165, 1.54) is 12.1 Å². The van der Waals surface area contributed by atoms with Crippen LogP contribution in [0, 0.1) is 17.7 Å². The molecule has 1 saturated heterocycles. The van der Waals surface area contributed by atoms with Crippen molar-refractivity contribution in [3.63, 3.8) is 0 Å². The van der Waals surface area contributed by atoms with Gasteiger partial charge in [-0.2, -0.15) is 5.10 Å². The minimum Gasteiger partial charge on any atom is -0.338 e. The van der Waals surface area contributed by atoms with Gasteiger partial charge in [0.15, 0.2) is 0 Å². The standard InChI is InChI=1S/C17H19FN4O/c18-12-4-1-10(2-5-12)16-13(7-20-21-16)17(23)22-8-11-3-6-15(19)14(11)9-22/h1-2,4-5,7,11,14-15H,3,6,8-9,19H2,(H,20,21). The number of halogens is 1. The van der Waals surface area contributed by atoms with Crippen molar-refractivity contribution in [1.82, 2.24) is 15.1 Å². The molecular formula is C17H19FN4O. The van der Waals surface area contributed by atoms with E-state index in [2.05, 4.69) is 10.2 Å². The lowest BCUT2D eigenvalue weighted by molar-refractivity contribution is 0.0780. The van der Waals surface area contributed by atoms with E-state index in [1.54, 1.807) is 18.3 Å². The van der Waals surface area contributed by atoms with Crippen LogP contribution < -0.4 is 5.73 Å². The van der Waals surface area contributed by atoms with Crippen molar-refractivity contribution in [2.24, 2.45) is 17.6 Å². The molecule has 3 unspecified atom stereocenters. The molecular weight excluding hydrogens is 295 g/mol. The van der Waals surface area contributed by atoms with E-state index in [1.807, 2.05) is 4.90 Å². The summed E-state index contributed by atoms with van der Waals surface area (Å²) in [6.07, 6.45) is 3.71. The van der Waals surface area contributed by atoms with Crippen molar-refractivity contribution in [3.8, 4) is 11.3 Å². The molecule has 1 amide bonds. The molecule has 2 fully saturated rings. The molecule has 23 heavy (non-hydrogen) atoms. The number of nitrogens with two attached hydrogens (primary N) is 1. The molecule has 0 bridgehead atoms. The molecule has 1 aliphatic heterocycles. The Morgan fingerprint density at radius 3 is 2.78 bits per heavy atom. The fourth-order valence-electron chi connectivity index (χ4n) is 3.93. The highest BCUT2D eigenvalue weighted by Gasteiger charge is 2.43. The minimum absolute atomic E-state index is 0.0281. The van der Waals surface area contributed by atoms with Gasteiger partial charge in [-0.05, 0) is 48.9 Å². The molecule has 1 aromatic heterocycles. The van der Waals surface area contributed by atoms with Crippen molar-refractivity contribution in [2.45, 2.75) is 18.9 Å². The number of fused-ring (bicyclic) bond motifs is 1. The number of nitrogens with one attached hydrogen (secondary N) is 1. The van der Waals surface area contributed by atoms with Crippen LogP contribution in [0.15, 0.2) is 30.5 Å². The van der Waals surface area contributed by atoms with Gasteiger partial charge in [0.25, 0.3) is 5.91 Å². The first-order chi connectivity index (χ1) is 11.1. The molecule has 2 heterocycles. The van der Waals surface area contributed by atoms with Crippen molar-refractivity contribution in [2.75, 3.05) is 13.1 Å². The molecule has 6 heteroatoms. The van der Waals surface area contributed by atoms with Gasteiger partial charge < -0.3 is 10.6 Å². The Morgan fingerprint density at radius 1 is 1.26 bits per heavy atom. The van der Waals surface area contributed by atoms with Crippen LogP contribution in [0.5, 0.6) is 0 Å². The van der Waals surface area contributed by atoms with Crippen molar-refractivity contribution >= 4 is 5.91 Å². The summed E-state index contributed by atoms with van der Waals surface area (Å²) in [7, 11) is 0. The van der Waals surface area contributed by atoms with Crippen molar-refractivity contribution < 1.29 is 9.18 Å². The molecule has 1 aromatic carbocycles. The maximum absolute atomic E-state index is 13.1. The number of carbonyl (C=O) groups excluding carboxylic acids is 1. The fraction of sp³-hybridized carbons (Fsp3) is 0.412. The smallest absolute Gasteiger partial charge is 0.257 e. The lowest BCUT2D eigenvalue weighted by Crippen LogP contribution is -2.33. The SMILES string of the molecule is NC1CCC2CN(C(=O)c3cn[nH]c3-c3ccc(F)cc3)CC12. The average molecular weight is 314 g/mol. The average Bonchev–Trinajstić information content (AvgIpc) is 3.25. The predicted octanol–water partition coefficient (Wildman–Crippen LogP) is 2.03. The third-order valence-corrected chi connectivity index (χ3v) is 5.20. The van der Waals surface area contributed by atoms with Gasteiger partial charge in [0.2, 0.25) is 0 Å². The zero-order valence-electron chi connectivity index (χ0n) is 12.7. The highest BCUT2D eigenvalue weighted by atomic mass is 19.1. The van der Waals surface area contributed by atoms with E-state index in [9.17, 15) is 9.18 Å². The Hall–Kier alpha value is -2.21. The van der Waals surface area contributed by atoms with E-state index in [-0.39, 0.29) is 17.8 Å².